The number of carbonyl (C=O) groups is 4. The van der Waals surface area contributed by atoms with Gasteiger partial charge in [-0.1, -0.05) is 181 Å². The Bertz CT molecular complexity index is 928. The van der Waals surface area contributed by atoms with Crippen LogP contribution < -0.4 is 5.32 Å². The van der Waals surface area contributed by atoms with E-state index in [9.17, 15) is 14.4 Å². The summed E-state index contributed by atoms with van der Waals surface area (Å²) >= 11 is 0. The molecule has 1 unspecified atom stereocenters. The summed E-state index contributed by atoms with van der Waals surface area (Å²) in [6, 6.07) is 0. The number of nitrogens with zero attached hydrogens (tertiary/aromatic N) is 2. The second-order valence-corrected chi connectivity index (χ2v) is 16.0. The maximum Gasteiger partial charge on any atom is 0.305 e. The van der Waals surface area contributed by atoms with Gasteiger partial charge in [-0.3, -0.25) is 24.2 Å². The Kier molecular flexibility index (Phi) is 45.3. The third kappa shape index (κ3) is 39.9. The number of carbonyl (C=O) groups excluding carboxylic acids is 3. The van der Waals surface area contributed by atoms with Gasteiger partial charge < -0.3 is 20.1 Å². The number of rotatable bonds is 41. The molecule has 0 aliphatic rings. The molecule has 2 N–H and O–H groups in total. The number of esters is 1. The van der Waals surface area contributed by atoms with E-state index in [0.29, 0.717) is 19.6 Å². The van der Waals surface area contributed by atoms with E-state index in [-0.39, 0.29) is 18.3 Å². The molecule has 0 radical (unpaired) electrons. The van der Waals surface area contributed by atoms with Gasteiger partial charge in [0.15, 0.2) is 5.84 Å². The fraction of sp³-hybridized carbons (Fsp3) is 0.894. The van der Waals surface area contributed by atoms with E-state index in [1.54, 1.807) is 7.05 Å². The smallest absolute Gasteiger partial charge is 0.305 e. The second kappa shape index (κ2) is 45.4. The van der Waals surface area contributed by atoms with Crippen molar-refractivity contribution in [2.24, 2.45) is 10.9 Å². The van der Waals surface area contributed by atoms with Gasteiger partial charge in [0, 0.05) is 26.9 Å². The number of carboxylic acid groups (broad SMARTS) is 1. The summed E-state index contributed by atoms with van der Waals surface area (Å²) in [4.78, 5) is 50.6. The molecule has 0 spiro atoms. The maximum absolute atomic E-state index is 12.1. The predicted octanol–water partition coefficient (Wildman–Crippen LogP) is 12.1. The molecule has 0 aromatic rings. The molecular weight excluding hydrogens is 703 g/mol. The molecule has 9 heteroatoms. The molecule has 0 aromatic carbocycles. The SMILES string of the molecule is CCCCCCCCCOC(=O)CCCCCCCN(CCCCCCCC(CCCCCC)CCCCCCC)CCCNC(=NC)C(=O)C(C)=O.O=CO. The Morgan fingerprint density at radius 3 is 1.46 bits per heavy atom. The number of hydrogen-bond donors (Lipinski definition) is 2. The van der Waals surface area contributed by atoms with Crippen LogP contribution in [0.15, 0.2) is 4.99 Å². The van der Waals surface area contributed by atoms with E-state index in [2.05, 4.69) is 36.0 Å². The van der Waals surface area contributed by atoms with Crippen molar-refractivity contribution in [1.82, 2.24) is 10.2 Å². The van der Waals surface area contributed by atoms with Gasteiger partial charge in [0.2, 0.25) is 5.78 Å². The molecule has 1 atom stereocenters. The van der Waals surface area contributed by atoms with Gasteiger partial charge in [-0.2, -0.15) is 0 Å². The first-order valence-electron chi connectivity index (χ1n) is 23.5. The fourth-order valence-electron chi connectivity index (χ4n) is 7.35. The van der Waals surface area contributed by atoms with Crippen molar-refractivity contribution in [2.45, 2.75) is 227 Å². The van der Waals surface area contributed by atoms with Crippen LogP contribution in [0.25, 0.3) is 0 Å². The van der Waals surface area contributed by atoms with Crippen molar-refractivity contribution >= 4 is 29.8 Å². The highest BCUT2D eigenvalue weighted by molar-refractivity contribution is 6.64. The highest BCUT2D eigenvalue weighted by Gasteiger charge is 2.15. The van der Waals surface area contributed by atoms with Crippen LogP contribution in [-0.2, 0) is 23.9 Å². The minimum atomic E-state index is -0.541. The van der Waals surface area contributed by atoms with Crippen molar-refractivity contribution in [2.75, 3.05) is 39.8 Å². The summed E-state index contributed by atoms with van der Waals surface area (Å²) in [6.45, 7) is 12.3. The summed E-state index contributed by atoms with van der Waals surface area (Å²) < 4.78 is 5.45. The fourth-order valence-corrected chi connectivity index (χ4v) is 7.35. The lowest BCUT2D eigenvalue weighted by Gasteiger charge is -2.22. The molecule has 0 rings (SSSR count). The van der Waals surface area contributed by atoms with Crippen molar-refractivity contribution in [3.8, 4) is 0 Å². The van der Waals surface area contributed by atoms with E-state index < -0.39 is 11.6 Å². The van der Waals surface area contributed by atoms with Crippen molar-refractivity contribution in [3.63, 3.8) is 0 Å². The quantitative estimate of drug-likeness (QED) is 0.0156. The molecule has 0 aliphatic heterocycles. The highest BCUT2D eigenvalue weighted by atomic mass is 16.5. The average molecular weight is 794 g/mol. The molecule has 330 valence electrons. The molecule has 0 aromatic heterocycles. The topological polar surface area (TPSA) is 125 Å². The summed E-state index contributed by atoms with van der Waals surface area (Å²) in [7, 11) is 1.55. The number of Topliss-reactive ketones (excluding diaryl/α,β-unsaturated/α-hetero) is 2. The number of ether oxygens (including phenoxy) is 1. The summed E-state index contributed by atoms with van der Waals surface area (Å²) in [6.07, 6.45) is 39.1. The normalized spacial score (nSPS) is 11.9. The zero-order chi connectivity index (χ0) is 41.7. The highest BCUT2D eigenvalue weighted by Crippen LogP contribution is 2.24. The molecule has 0 amide bonds. The van der Waals surface area contributed by atoms with E-state index >= 15 is 0 Å². The maximum atomic E-state index is 12.1. The number of ketones is 2. The Morgan fingerprint density at radius 1 is 0.607 bits per heavy atom. The van der Waals surface area contributed by atoms with Crippen LogP contribution in [0, 0.1) is 5.92 Å². The minimum absolute atomic E-state index is 0.0305. The molecule has 0 aliphatic carbocycles. The lowest BCUT2D eigenvalue weighted by Crippen LogP contribution is -2.37. The van der Waals surface area contributed by atoms with E-state index in [1.165, 1.54) is 161 Å². The Labute approximate surface area is 345 Å². The number of amidine groups is 1. The molecule has 56 heavy (non-hydrogen) atoms. The van der Waals surface area contributed by atoms with E-state index in [1.807, 2.05) is 0 Å². The Balaban J connectivity index is 0. The molecule has 0 heterocycles. The monoisotopic (exact) mass is 794 g/mol. The van der Waals surface area contributed by atoms with Gasteiger partial charge in [0.05, 0.1) is 6.61 Å². The van der Waals surface area contributed by atoms with Crippen LogP contribution in [0.4, 0.5) is 0 Å². The Morgan fingerprint density at radius 2 is 1.00 bits per heavy atom. The number of aliphatic imine (C=N–C) groups is 1. The number of hydrogen-bond acceptors (Lipinski definition) is 7. The van der Waals surface area contributed by atoms with Crippen LogP contribution in [-0.4, -0.2) is 79.7 Å². The standard InChI is InChI=1S/C46H89N3O4.CH2O2/c1-6-9-12-15-16-24-31-41-53-44(51)36-28-21-18-23-30-39-49(40-32-37-48-46(47-5)45(52)42(4)50)38-29-22-17-20-27-35-43(33-25-14-11-8-3)34-26-19-13-10-7-2;2-1-3/h43H,6-41H2,1-5H3,(H,47,48);1H,(H,2,3). The summed E-state index contributed by atoms with van der Waals surface area (Å²) in [5, 5.41) is 9.98. The van der Waals surface area contributed by atoms with Crippen LogP contribution in [0.5, 0.6) is 0 Å². The van der Waals surface area contributed by atoms with E-state index in [4.69, 9.17) is 14.6 Å². The van der Waals surface area contributed by atoms with Crippen LogP contribution >= 0.6 is 0 Å². The first-order chi connectivity index (χ1) is 27.3. The third-order valence-corrected chi connectivity index (χ3v) is 10.8. The molecular formula is C47H91N3O6. The van der Waals surface area contributed by atoms with Gasteiger partial charge in [-0.05, 0) is 57.7 Å². The zero-order valence-electron chi connectivity index (χ0n) is 37.5. The Hall–Kier alpha value is -2.29. The first-order valence-corrected chi connectivity index (χ1v) is 23.5. The van der Waals surface area contributed by atoms with Gasteiger partial charge in [-0.15, -0.1) is 0 Å². The molecule has 0 bridgehead atoms. The zero-order valence-corrected chi connectivity index (χ0v) is 37.5. The predicted molar refractivity (Wildman–Crippen MR) is 237 cm³/mol. The molecule has 0 fully saturated rings. The molecule has 0 saturated heterocycles. The first kappa shape index (κ1) is 55.8. The third-order valence-electron chi connectivity index (χ3n) is 10.8. The lowest BCUT2D eigenvalue weighted by atomic mass is 9.89. The summed E-state index contributed by atoms with van der Waals surface area (Å²) in [5.41, 5.74) is 0. The van der Waals surface area contributed by atoms with Crippen molar-refractivity contribution in [1.29, 1.82) is 0 Å². The largest absolute Gasteiger partial charge is 0.483 e. The molecule has 0 saturated carbocycles. The second-order valence-electron chi connectivity index (χ2n) is 16.0. The van der Waals surface area contributed by atoms with Crippen LogP contribution in [0.1, 0.15) is 227 Å². The lowest BCUT2D eigenvalue weighted by molar-refractivity contribution is -0.144. The van der Waals surface area contributed by atoms with Crippen molar-refractivity contribution < 1.29 is 29.0 Å². The van der Waals surface area contributed by atoms with Gasteiger partial charge in [0.25, 0.3) is 12.3 Å². The van der Waals surface area contributed by atoms with Gasteiger partial charge >= 0.3 is 5.97 Å². The number of unbranched alkanes of at least 4 members (excludes halogenated alkanes) is 21. The molecule has 9 nitrogen and oxygen atoms in total. The van der Waals surface area contributed by atoms with Gasteiger partial charge in [0.1, 0.15) is 0 Å². The van der Waals surface area contributed by atoms with Gasteiger partial charge in [-0.25, -0.2) is 0 Å². The van der Waals surface area contributed by atoms with E-state index in [0.717, 1.165) is 64.1 Å². The average Bonchev–Trinajstić information content (AvgIpc) is 3.18. The number of nitrogens with one attached hydrogen (secondary N) is 1. The van der Waals surface area contributed by atoms with Crippen molar-refractivity contribution in [3.05, 3.63) is 0 Å². The van der Waals surface area contributed by atoms with Crippen LogP contribution in [0.2, 0.25) is 0 Å². The van der Waals surface area contributed by atoms with Crippen LogP contribution in [0.3, 0.4) is 0 Å². The summed E-state index contributed by atoms with van der Waals surface area (Å²) in [5.74, 6) is 0.0585. The minimum Gasteiger partial charge on any atom is -0.483 e.